The first-order chi connectivity index (χ1) is 9.50. The zero-order valence-corrected chi connectivity index (χ0v) is 17.2. The number of benzene rings is 1. The average Bonchev–Trinajstić information content (AvgIpc) is 2.43. The monoisotopic (exact) mass is 474 g/mol. The second-order valence-electron chi connectivity index (χ2n) is 5.25. The van der Waals surface area contributed by atoms with E-state index in [9.17, 15) is 5.11 Å². The van der Waals surface area contributed by atoms with Gasteiger partial charge in [-0.2, -0.15) is 0 Å². The van der Waals surface area contributed by atoms with E-state index in [0.29, 0.717) is 5.75 Å². The van der Waals surface area contributed by atoms with Gasteiger partial charge < -0.3 is 10.4 Å². The maximum Gasteiger partial charge on any atom is 0.135 e. The van der Waals surface area contributed by atoms with Crippen LogP contribution in [0.5, 0.6) is 5.75 Å². The summed E-state index contributed by atoms with van der Waals surface area (Å²) >= 11 is 7.00. The number of halogens is 4. The maximum atomic E-state index is 10.4. The molecular formula is C15H22Br2Cl2N2O. The summed E-state index contributed by atoms with van der Waals surface area (Å²) in [5, 5.41) is 13.8. The number of phenols is 1. The highest BCUT2D eigenvalue weighted by Crippen LogP contribution is 2.41. The van der Waals surface area contributed by atoms with Crippen molar-refractivity contribution in [3.05, 3.63) is 38.8 Å². The maximum absolute atomic E-state index is 10.4. The highest BCUT2D eigenvalue weighted by Gasteiger charge is 2.27. The minimum Gasteiger partial charge on any atom is -0.506 e. The third-order valence-electron chi connectivity index (χ3n) is 3.58. The van der Waals surface area contributed by atoms with E-state index in [4.69, 9.17) is 0 Å². The number of rotatable bonds is 4. The van der Waals surface area contributed by atoms with Gasteiger partial charge in [-0.1, -0.05) is 21.5 Å². The second-order valence-corrected chi connectivity index (χ2v) is 6.96. The molecule has 2 rings (SSSR count). The highest BCUT2D eigenvalue weighted by molar-refractivity contribution is 9.11. The lowest BCUT2D eigenvalue weighted by molar-refractivity contribution is 0.169. The summed E-state index contributed by atoms with van der Waals surface area (Å²) in [6.45, 7) is 10.0. The summed E-state index contributed by atoms with van der Waals surface area (Å²) in [4.78, 5) is 2.41. The predicted molar refractivity (Wildman–Crippen MR) is 105 cm³/mol. The topological polar surface area (TPSA) is 35.5 Å². The van der Waals surface area contributed by atoms with Gasteiger partial charge in [-0.3, -0.25) is 4.90 Å². The average molecular weight is 477 g/mol. The predicted octanol–water partition coefficient (Wildman–Crippen LogP) is 4.67. The van der Waals surface area contributed by atoms with Crippen molar-refractivity contribution in [1.82, 2.24) is 10.2 Å². The molecule has 1 atom stereocenters. The number of aromatic hydroxyl groups is 1. The fraction of sp³-hybridized carbons (Fsp3) is 0.467. The van der Waals surface area contributed by atoms with E-state index in [1.807, 2.05) is 19.1 Å². The first kappa shape index (κ1) is 22.2. The van der Waals surface area contributed by atoms with Crippen LogP contribution in [0.25, 0.3) is 0 Å². The molecule has 0 spiro atoms. The molecule has 1 aromatic carbocycles. The van der Waals surface area contributed by atoms with Gasteiger partial charge in [0.25, 0.3) is 0 Å². The smallest absolute Gasteiger partial charge is 0.135 e. The normalized spacial score (nSPS) is 16.3. The van der Waals surface area contributed by atoms with Crippen molar-refractivity contribution in [1.29, 1.82) is 0 Å². The molecule has 7 heteroatoms. The van der Waals surface area contributed by atoms with Crippen LogP contribution in [0.1, 0.15) is 24.9 Å². The second kappa shape index (κ2) is 10.2. The van der Waals surface area contributed by atoms with Gasteiger partial charge in [0, 0.05) is 42.3 Å². The van der Waals surface area contributed by atoms with Crippen LogP contribution in [0, 0.1) is 0 Å². The molecule has 0 amide bonds. The Morgan fingerprint density at radius 3 is 2.36 bits per heavy atom. The molecule has 1 aromatic rings. The van der Waals surface area contributed by atoms with Crippen molar-refractivity contribution in [3.8, 4) is 5.75 Å². The zero-order chi connectivity index (χ0) is 14.7. The quantitative estimate of drug-likeness (QED) is 0.620. The Balaban J connectivity index is 0.00000220. The van der Waals surface area contributed by atoms with E-state index < -0.39 is 0 Å². The number of hydrogen-bond acceptors (Lipinski definition) is 3. The van der Waals surface area contributed by atoms with Crippen LogP contribution in [0.2, 0.25) is 0 Å². The summed E-state index contributed by atoms with van der Waals surface area (Å²) in [5.41, 5.74) is 2.07. The van der Waals surface area contributed by atoms with Gasteiger partial charge in [0.15, 0.2) is 0 Å². The largest absolute Gasteiger partial charge is 0.506 e. The third kappa shape index (κ3) is 5.39. The van der Waals surface area contributed by atoms with Gasteiger partial charge in [0.05, 0.1) is 4.47 Å². The molecule has 1 aliphatic heterocycles. The lowest BCUT2D eigenvalue weighted by Crippen LogP contribution is -2.45. The van der Waals surface area contributed by atoms with Crippen molar-refractivity contribution < 1.29 is 5.11 Å². The molecule has 0 unspecified atom stereocenters. The molecule has 0 aliphatic carbocycles. The molecule has 0 aromatic heterocycles. The summed E-state index contributed by atoms with van der Waals surface area (Å²) in [5.74, 6) is 0.323. The fourth-order valence-corrected chi connectivity index (χ4v) is 3.54. The van der Waals surface area contributed by atoms with Crippen molar-refractivity contribution in [3.63, 3.8) is 0 Å². The van der Waals surface area contributed by atoms with Crippen LogP contribution in [-0.4, -0.2) is 36.2 Å². The zero-order valence-electron chi connectivity index (χ0n) is 12.4. The lowest BCUT2D eigenvalue weighted by Gasteiger charge is -2.36. The van der Waals surface area contributed by atoms with E-state index >= 15 is 0 Å². The van der Waals surface area contributed by atoms with Gasteiger partial charge in [-0.05, 0) is 41.4 Å². The van der Waals surface area contributed by atoms with Crippen LogP contribution in [0.3, 0.4) is 0 Å². The lowest BCUT2D eigenvalue weighted by atomic mass is 9.97. The number of nitrogens with zero attached hydrogens (tertiary/aromatic N) is 1. The van der Waals surface area contributed by atoms with Gasteiger partial charge in [0.1, 0.15) is 5.75 Å². The van der Waals surface area contributed by atoms with Gasteiger partial charge in [-0.15, -0.1) is 31.4 Å². The standard InChI is InChI=1S/C15H20Br2N2O.2ClH/c1-10(2)9-13(19-7-5-18-6-8-19)14-11(16)3-4-12(17)15(14)20;;/h3-4,13,18,20H,1,5-9H2,2H3;2*1H/t13-;;/m0../s1. The van der Waals surface area contributed by atoms with Crippen LogP contribution < -0.4 is 5.32 Å². The Hall–Kier alpha value is 0.220. The van der Waals surface area contributed by atoms with Crippen molar-refractivity contribution in [2.24, 2.45) is 0 Å². The van der Waals surface area contributed by atoms with E-state index in [1.54, 1.807) is 0 Å². The van der Waals surface area contributed by atoms with Crippen LogP contribution in [-0.2, 0) is 0 Å². The van der Waals surface area contributed by atoms with Gasteiger partial charge in [-0.25, -0.2) is 0 Å². The summed E-state index contributed by atoms with van der Waals surface area (Å²) in [7, 11) is 0. The first-order valence-corrected chi connectivity index (χ1v) is 8.35. The van der Waals surface area contributed by atoms with Gasteiger partial charge >= 0.3 is 0 Å². The summed E-state index contributed by atoms with van der Waals surface area (Å²) < 4.78 is 1.68. The molecule has 3 nitrogen and oxygen atoms in total. The molecule has 0 bridgehead atoms. The SMILES string of the molecule is C=C(C)C[C@@H](c1c(Br)ccc(Br)c1O)N1CCNCC1.Cl.Cl. The molecule has 2 N–H and O–H groups in total. The molecule has 1 aliphatic rings. The summed E-state index contributed by atoms with van der Waals surface area (Å²) in [6, 6.07) is 3.99. The molecule has 1 heterocycles. The Kier molecular flexibility index (Phi) is 10.3. The third-order valence-corrected chi connectivity index (χ3v) is 4.91. The van der Waals surface area contributed by atoms with Gasteiger partial charge in [0.2, 0.25) is 0 Å². The highest BCUT2D eigenvalue weighted by atomic mass is 79.9. The molecule has 1 fully saturated rings. The van der Waals surface area contributed by atoms with Crippen molar-refractivity contribution in [2.75, 3.05) is 26.2 Å². The molecule has 0 saturated carbocycles. The van der Waals surface area contributed by atoms with E-state index in [1.165, 1.54) is 0 Å². The Morgan fingerprint density at radius 1 is 1.27 bits per heavy atom. The van der Waals surface area contributed by atoms with Crippen LogP contribution in [0.15, 0.2) is 33.2 Å². The fourth-order valence-electron chi connectivity index (χ4n) is 2.61. The minimum absolute atomic E-state index is 0. The van der Waals surface area contributed by atoms with E-state index in [2.05, 4.69) is 48.7 Å². The van der Waals surface area contributed by atoms with Crippen LogP contribution in [0.4, 0.5) is 0 Å². The van der Waals surface area contributed by atoms with E-state index in [-0.39, 0.29) is 30.9 Å². The molecule has 0 radical (unpaired) electrons. The number of nitrogens with one attached hydrogen (secondary N) is 1. The van der Waals surface area contributed by atoms with Crippen molar-refractivity contribution in [2.45, 2.75) is 19.4 Å². The number of phenolic OH excluding ortho intramolecular Hbond substituents is 1. The summed E-state index contributed by atoms with van der Waals surface area (Å²) in [6.07, 6.45) is 0.850. The molecular weight excluding hydrogens is 455 g/mol. The number of piperazine rings is 1. The molecule has 126 valence electrons. The van der Waals surface area contributed by atoms with E-state index in [0.717, 1.165) is 52.7 Å². The molecule has 22 heavy (non-hydrogen) atoms. The van der Waals surface area contributed by atoms with Crippen molar-refractivity contribution >= 4 is 56.7 Å². The molecule has 1 saturated heterocycles. The minimum atomic E-state index is 0. The Labute approximate surface area is 161 Å². The van der Waals surface area contributed by atoms with Crippen LogP contribution >= 0.6 is 56.7 Å². The first-order valence-electron chi connectivity index (χ1n) is 6.76. The Morgan fingerprint density at radius 2 is 1.82 bits per heavy atom. The number of hydrogen-bond donors (Lipinski definition) is 2. The Bertz CT molecular complexity index is 509.